The van der Waals surface area contributed by atoms with Crippen molar-refractivity contribution in [3.05, 3.63) is 42.4 Å². The third-order valence-corrected chi connectivity index (χ3v) is 3.53. The second kappa shape index (κ2) is 3.98. The summed E-state index contributed by atoms with van der Waals surface area (Å²) < 4.78 is 1.83. The number of aromatic amines is 1. The molecule has 0 aliphatic rings. The highest BCUT2D eigenvalue weighted by molar-refractivity contribution is 5.88. The highest BCUT2D eigenvalue weighted by atomic mass is 15.2. The Balaban J connectivity index is 2.13. The van der Waals surface area contributed by atoms with Crippen LogP contribution in [0.25, 0.3) is 22.0 Å². The average molecular weight is 253 g/mol. The van der Waals surface area contributed by atoms with Gasteiger partial charge in [0, 0.05) is 35.9 Å². The molecule has 3 nitrogen and oxygen atoms in total. The third kappa shape index (κ3) is 2.05. The van der Waals surface area contributed by atoms with Gasteiger partial charge in [-0.1, -0.05) is 32.9 Å². The zero-order valence-electron chi connectivity index (χ0n) is 11.9. The van der Waals surface area contributed by atoms with Crippen LogP contribution in [0.3, 0.4) is 0 Å². The molecular weight excluding hydrogens is 234 g/mol. The molecule has 0 amide bonds. The number of rotatable bonds is 1. The number of aromatic nitrogens is 3. The van der Waals surface area contributed by atoms with E-state index < -0.39 is 0 Å². The lowest BCUT2D eigenvalue weighted by molar-refractivity contribution is 0.596. The summed E-state index contributed by atoms with van der Waals surface area (Å²) in [5.74, 6) is 0. The Hall–Kier alpha value is -2.03. The van der Waals surface area contributed by atoms with Crippen LogP contribution in [0.5, 0.6) is 0 Å². The predicted octanol–water partition coefficient (Wildman–Crippen LogP) is 3.87. The van der Waals surface area contributed by atoms with Crippen molar-refractivity contribution in [3.63, 3.8) is 0 Å². The lowest BCUT2D eigenvalue weighted by Gasteiger charge is -2.17. The summed E-state index contributed by atoms with van der Waals surface area (Å²) in [5, 5.41) is 5.53. The van der Waals surface area contributed by atoms with Crippen molar-refractivity contribution in [1.82, 2.24) is 14.8 Å². The maximum Gasteiger partial charge on any atom is 0.0568 e. The SMILES string of the molecule is Cn1cc(-c2ccc3c(C(C)(C)C)c[nH]c3c2)cn1. The van der Waals surface area contributed by atoms with Crippen molar-refractivity contribution in [2.24, 2.45) is 7.05 Å². The first kappa shape index (κ1) is 12.0. The molecule has 19 heavy (non-hydrogen) atoms. The number of nitrogens with one attached hydrogen (secondary N) is 1. The van der Waals surface area contributed by atoms with Crippen LogP contribution >= 0.6 is 0 Å². The molecule has 0 radical (unpaired) electrons. The molecule has 1 N–H and O–H groups in total. The van der Waals surface area contributed by atoms with Gasteiger partial charge in [-0.2, -0.15) is 5.10 Å². The fourth-order valence-corrected chi connectivity index (χ4v) is 2.50. The van der Waals surface area contributed by atoms with Gasteiger partial charge < -0.3 is 4.98 Å². The molecule has 0 aliphatic carbocycles. The van der Waals surface area contributed by atoms with E-state index in [1.807, 2.05) is 24.1 Å². The Labute approximate surface area is 113 Å². The Morgan fingerprint density at radius 1 is 1.16 bits per heavy atom. The van der Waals surface area contributed by atoms with E-state index in [-0.39, 0.29) is 5.41 Å². The molecule has 0 bridgehead atoms. The van der Waals surface area contributed by atoms with E-state index >= 15 is 0 Å². The highest BCUT2D eigenvalue weighted by Crippen LogP contribution is 2.32. The van der Waals surface area contributed by atoms with Gasteiger partial charge in [0.2, 0.25) is 0 Å². The first-order valence-corrected chi connectivity index (χ1v) is 6.56. The van der Waals surface area contributed by atoms with Crippen LogP contribution in [0.2, 0.25) is 0 Å². The second-order valence-corrected chi connectivity index (χ2v) is 6.12. The van der Waals surface area contributed by atoms with Gasteiger partial charge in [0.25, 0.3) is 0 Å². The van der Waals surface area contributed by atoms with E-state index in [2.05, 4.69) is 55.2 Å². The molecule has 3 heteroatoms. The zero-order chi connectivity index (χ0) is 13.6. The number of hydrogen-bond donors (Lipinski definition) is 1. The quantitative estimate of drug-likeness (QED) is 0.702. The maximum atomic E-state index is 4.22. The minimum atomic E-state index is 0.161. The van der Waals surface area contributed by atoms with Gasteiger partial charge in [0.1, 0.15) is 0 Å². The van der Waals surface area contributed by atoms with Crippen LogP contribution in [0, 0.1) is 0 Å². The predicted molar refractivity (Wildman–Crippen MR) is 79.2 cm³/mol. The van der Waals surface area contributed by atoms with Gasteiger partial charge >= 0.3 is 0 Å². The van der Waals surface area contributed by atoms with Crippen LogP contribution in [0.15, 0.2) is 36.8 Å². The monoisotopic (exact) mass is 253 g/mol. The Kier molecular flexibility index (Phi) is 2.52. The van der Waals surface area contributed by atoms with E-state index in [1.165, 1.54) is 22.0 Å². The average Bonchev–Trinajstić information content (AvgIpc) is 2.92. The minimum Gasteiger partial charge on any atom is -0.361 e. The minimum absolute atomic E-state index is 0.161. The van der Waals surface area contributed by atoms with E-state index in [1.54, 1.807) is 0 Å². The molecule has 0 unspecified atom stereocenters. The molecule has 0 saturated carbocycles. The summed E-state index contributed by atoms with van der Waals surface area (Å²) in [5.41, 5.74) is 5.05. The molecule has 98 valence electrons. The molecule has 2 aromatic heterocycles. The van der Waals surface area contributed by atoms with Gasteiger partial charge in [-0.3, -0.25) is 4.68 Å². The first-order valence-electron chi connectivity index (χ1n) is 6.56. The fourth-order valence-electron chi connectivity index (χ4n) is 2.50. The number of hydrogen-bond acceptors (Lipinski definition) is 1. The summed E-state index contributed by atoms with van der Waals surface area (Å²) in [7, 11) is 1.94. The van der Waals surface area contributed by atoms with E-state index in [9.17, 15) is 0 Å². The van der Waals surface area contributed by atoms with Crippen molar-refractivity contribution in [2.45, 2.75) is 26.2 Å². The Morgan fingerprint density at radius 3 is 2.58 bits per heavy atom. The van der Waals surface area contributed by atoms with Crippen molar-refractivity contribution < 1.29 is 0 Å². The summed E-state index contributed by atoms with van der Waals surface area (Å²) >= 11 is 0. The smallest absolute Gasteiger partial charge is 0.0568 e. The molecule has 3 rings (SSSR count). The van der Waals surface area contributed by atoms with Crippen molar-refractivity contribution >= 4 is 10.9 Å². The molecule has 0 fully saturated rings. The molecule has 2 heterocycles. The summed E-state index contributed by atoms with van der Waals surface area (Å²) in [6.45, 7) is 6.72. The zero-order valence-corrected chi connectivity index (χ0v) is 11.9. The normalized spacial score (nSPS) is 12.2. The van der Waals surface area contributed by atoms with Gasteiger partial charge in [-0.15, -0.1) is 0 Å². The summed E-state index contributed by atoms with van der Waals surface area (Å²) in [6, 6.07) is 6.57. The Bertz CT molecular complexity index is 726. The van der Waals surface area contributed by atoms with E-state index in [0.717, 1.165) is 5.56 Å². The number of H-pyrrole nitrogens is 1. The van der Waals surface area contributed by atoms with Gasteiger partial charge in [0.05, 0.1) is 6.20 Å². The third-order valence-electron chi connectivity index (χ3n) is 3.53. The number of aryl methyl sites for hydroxylation is 1. The van der Waals surface area contributed by atoms with E-state index in [4.69, 9.17) is 0 Å². The summed E-state index contributed by atoms with van der Waals surface area (Å²) in [4.78, 5) is 3.38. The van der Waals surface area contributed by atoms with Crippen LogP contribution in [-0.2, 0) is 12.5 Å². The van der Waals surface area contributed by atoms with Crippen molar-refractivity contribution in [1.29, 1.82) is 0 Å². The molecule has 1 aromatic carbocycles. The number of nitrogens with zero attached hydrogens (tertiary/aromatic N) is 2. The lowest BCUT2D eigenvalue weighted by Crippen LogP contribution is -2.09. The molecular formula is C16H19N3. The Morgan fingerprint density at radius 2 is 1.95 bits per heavy atom. The molecule has 0 atom stereocenters. The van der Waals surface area contributed by atoms with Crippen LogP contribution < -0.4 is 0 Å². The van der Waals surface area contributed by atoms with Gasteiger partial charge in [-0.25, -0.2) is 0 Å². The largest absolute Gasteiger partial charge is 0.361 e. The van der Waals surface area contributed by atoms with Crippen LogP contribution in [0.4, 0.5) is 0 Å². The maximum absolute atomic E-state index is 4.22. The second-order valence-electron chi connectivity index (χ2n) is 6.12. The first-order chi connectivity index (χ1) is 8.95. The van der Waals surface area contributed by atoms with Crippen LogP contribution in [-0.4, -0.2) is 14.8 Å². The van der Waals surface area contributed by atoms with Crippen molar-refractivity contribution in [3.8, 4) is 11.1 Å². The molecule has 0 spiro atoms. The van der Waals surface area contributed by atoms with Crippen molar-refractivity contribution in [2.75, 3.05) is 0 Å². The highest BCUT2D eigenvalue weighted by Gasteiger charge is 2.18. The van der Waals surface area contributed by atoms with Crippen LogP contribution in [0.1, 0.15) is 26.3 Å². The van der Waals surface area contributed by atoms with Gasteiger partial charge in [0.15, 0.2) is 0 Å². The molecule has 3 aromatic rings. The van der Waals surface area contributed by atoms with E-state index in [0.29, 0.717) is 0 Å². The number of benzene rings is 1. The summed E-state index contributed by atoms with van der Waals surface area (Å²) in [6.07, 6.45) is 6.06. The van der Waals surface area contributed by atoms with Gasteiger partial charge in [-0.05, 0) is 22.6 Å². The fraction of sp³-hybridized carbons (Fsp3) is 0.312. The lowest BCUT2D eigenvalue weighted by atomic mass is 9.86. The topological polar surface area (TPSA) is 33.6 Å². The molecule has 0 saturated heterocycles. The number of fused-ring (bicyclic) bond motifs is 1. The molecule has 0 aliphatic heterocycles. The standard InChI is InChI=1S/C16H19N3/c1-16(2,3)14-9-17-15-7-11(5-6-13(14)15)12-8-18-19(4)10-12/h5-10,17H,1-4H3.